The summed E-state index contributed by atoms with van der Waals surface area (Å²) in [6.45, 7) is 0. The zero-order valence-corrected chi connectivity index (χ0v) is 3.51. The van der Waals surface area contributed by atoms with E-state index in [9.17, 15) is 4.79 Å². The molecule has 0 radical (unpaired) electrons. The van der Waals surface area contributed by atoms with Crippen molar-refractivity contribution in [2.24, 2.45) is 10.7 Å². The van der Waals surface area contributed by atoms with Gasteiger partial charge in [-0.3, -0.25) is 9.79 Å². The number of nitrogens with two attached hydrogens (primary N) is 1. The number of carbonyl (C=O) groups is 1. The first kappa shape index (κ1) is 5.14. The summed E-state index contributed by atoms with van der Waals surface area (Å²) in [6.07, 6.45) is 0.500. The first-order valence-electron chi connectivity index (χ1n) is 1.48. The smallest absolute Gasteiger partial charge is 0.184 e. The summed E-state index contributed by atoms with van der Waals surface area (Å²) in [5.74, 6) is 0.0370. The van der Waals surface area contributed by atoms with E-state index in [1.165, 1.54) is 7.05 Å². The molecule has 0 rings (SSSR count). The number of rotatable bonds is 1. The van der Waals surface area contributed by atoms with Gasteiger partial charge in [-0.15, -0.1) is 0 Å². The Hall–Kier alpha value is -0.860. The molecule has 0 aromatic rings. The van der Waals surface area contributed by atoms with Crippen LogP contribution < -0.4 is 5.73 Å². The minimum absolute atomic E-state index is 0.0370. The summed E-state index contributed by atoms with van der Waals surface area (Å²) in [5.41, 5.74) is 4.85. The first-order valence-corrected chi connectivity index (χ1v) is 1.48. The number of hydrogen-bond acceptors (Lipinski definition) is 2. The van der Waals surface area contributed by atoms with Crippen molar-refractivity contribution in [3.8, 4) is 0 Å². The molecule has 0 aliphatic carbocycles. The molecule has 0 unspecified atom stereocenters. The van der Waals surface area contributed by atoms with Crippen LogP contribution in [-0.4, -0.2) is 19.2 Å². The predicted octanol–water partition coefficient (Wildman–Crippen LogP) is -0.828. The zero-order valence-electron chi connectivity index (χ0n) is 3.51. The van der Waals surface area contributed by atoms with Crippen molar-refractivity contribution in [1.82, 2.24) is 0 Å². The molecular weight excluding hydrogens is 80.0 g/mol. The number of carbonyl (C=O) groups excluding carboxylic acids is 1. The third-order valence-corrected chi connectivity index (χ3v) is 0.379. The van der Waals surface area contributed by atoms with Crippen molar-refractivity contribution in [3.05, 3.63) is 0 Å². The van der Waals surface area contributed by atoms with Crippen LogP contribution in [0.5, 0.6) is 0 Å². The van der Waals surface area contributed by atoms with Gasteiger partial charge in [0, 0.05) is 7.05 Å². The summed E-state index contributed by atoms with van der Waals surface area (Å²) < 4.78 is 0. The maximum absolute atomic E-state index is 9.48. The Balaban J connectivity index is 3.50. The molecule has 0 saturated carbocycles. The molecule has 0 atom stereocenters. The van der Waals surface area contributed by atoms with Crippen LogP contribution in [-0.2, 0) is 4.79 Å². The number of aldehydes is 1. The minimum Gasteiger partial charge on any atom is -0.381 e. The van der Waals surface area contributed by atoms with E-state index >= 15 is 0 Å². The third kappa shape index (κ3) is 1.46. The Labute approximate surface area is 35.9 Å². The molecule has 34 valence electrons. The van der Waals surface area contributed by atoms with E-state index in [1.807, 2.05) is 0 Å². The van der Waals surface area contributed by atoms with E-state index in [1.54, 1.807) is 0 Å². The van der Waals surface area contributed by atoms with E-state index in [0.29, 0.717) is 6.29 Å². The minimum atomic E-state index is 0.0370. The lowest BCUT2D eigenvalue weighted by Gasteiger charge is -1.75. The van der Waals surface area contributed by atoms with Crippen LogP contribution in [0.15, 0.2) is 4.99 Å². The number of hydrogen-bond donors (Lipinski definition) is 1. The third-order valence-electron chi connectivity index (χ3n) is 0.379. The van der Waals surface area contributed by atoms with E-state index in [0.717, 1.165) is 0 Å². The topological polar surface area (TPSA) is 55.4 Å². The largest absolute Gasteiger partial charge is 0.381 e. The Morgan fingerprint density at radius 1 is 2.00 bits per heavy atom. The van der Waals surface area contributed by atoms with Crippen LogP contribution in [0.2, 0.25) is 0 Å². The summed E-state index contributed by atoms with van der Waals surface area (Å²) >= 11 is 0. The molecule has 0 aromatic carbocycles. The van der Waals surface area contributed by atoms with Crippen molar-refractivity contribution in [1.29, 1.82) is 0 Å². The van der Waals surface area contributed by atoms with E-state index in [4.69, 9.17) is 5.73 Å². The van der Waals surface area contributed by atoms with Crippen molar-refractivity contribution in [2.75, 3.05) is 7.05 Å². The number of aliphatic imine (C=N–C) groups is 1. The second-order valence-corrected chi connectivity index (χ2v) is 0.766. The Kier molecular flexibility index (Phi) is 2.04. The number of amidine groups is 1. The van der Waals surface area contributed by atoms with E-state index < -0.39 is 0 Å². The highest BCUT2D eigenvalue weighted by Crippen LogP contribution is 1.50. The molecule has 0 bridgehead atoms. The fourth-order valence-electron chi connectivity index (χ4n) is 0.0527. The first-order chi connectivity index (χ1) is 2.81. The Morgan fingerprint density at radius 3 is 2.50 bits per heavy atom. The van der Waals surface area contributed by atoms with Crippen LogP contribution >= 0.6 is 0 Å². The van der Waals surface area contributed by atoms with Crippen molar-refractivity contribution >= 4 is 12.1 Å². The summed E-state index contributed by atoms with van der Waals surface area (Å²) in [7, 11) is 1.46. The normalized spacial score (nSPS) is 11.2. The zero-order chi connectivity index (χ0) is 4.99. The molecule has 3 nitrogen and oxygen atoms in total. The highest BCUT2D eigenvalue weighted by Gasteiger charge is 1.74. The fraction of sp³-hybridized carbons (Fsp3) is 0.333. The van der Waals surface area contributed by atoms with E-state index in [2.05, 4.69) is 4.99 Å². The van der Waals surface area contributed by atoms with Crippen molar-refractivity contribution in [2.45, 2.75) is 0 Å². The molecule has 6 heavy (non-hydrogen) atoms. The lowest BCUT2D eigenvalue weighted by atomic mass is 10.7. The molecule has 0 aliphatic heterocycles. The summed E-state index contributed by atoms with van der Waals surface area (Å²) in [6, 6.07) is 0. The maximum Gasteiger partial charge on any atom is 0.184 e. The van der Waals surface area contributed by atoms with Gasteiger partial charge in [0.05, 0.1) is 0 Å². The molecule has 2 N–H and O–H groups in total. The SMILES string of the molecule is CN=C(N)C=O. The average Bonchev–Trinajstić information content (AvgIpc) is 1.65. The van der Waals surface area contributed by atoms with Crippen LogP contribution in [0.1, 0.15) is 0 Å². The van der Waals surface area contributed by atoms with Gasteiger partial charge < -0.3 is 5.73 Å². The lowest BCUT2D eigenvalue weighted by molar-refractivity contribution is -0.102. The predicted molar refractivity (Wildman–Crippen MR) is 23.6 cm³/mol. The lowest BCUT2D eigenvalue weighted by Crippen LogP contribution is -2.11. The van der Waals surface area contributed by atoms with Gasteiger partial charge >= 0.3 is 0 Å². The van der Waals surface area contributed by atoms with E-state index in [-0.39, 0.29) is 5.84 Å². The second-order valence-electron chi connectivity index (χ2n) is 0.766. The quantitative estimate of drug-likeness (QED) is 0.257. The van der Waals surface area contributed by atoms with Crippen molar-refractivity contribution < 1.29 is 4.79 Å². The number of nitrogens with zero attached hydrogens (tertiary/aromatic N) is 1. The van der Waals surface area contributed by atoms with Gasteiger partial charge in [0.25, 0.3) is 0 Å². The molecule has 0 fully saturated rings. The Bertz CT molecular complexity index is 76.9. The molecule has 0 aromatic heterocycles. The molecule has 0 saturated heterocycles. The molecule has 0 heterocycles. The highest BCUT2D eigenvalue weighted by atomic mass is 16.1. The van der Waals surface area contributed by atoms with Crippen LogP contribution in [0.25, 0.3) is 0 Å². The van der Waals surface area contributed by atoms with Gasteiger partial charge in [-0.1, -0.05) is 0 Å². The van der Waals surface area contributed by atoms with Crippen LogP contribution in [0, 0.1) is 0 Å². The highest BCUT2D eigenvalue weighted by molar-refractivity contribution is 6.26. The summed E-state index contributed by atoms with van der Waals surface area (Å²) in [4.78, 5) is 12.8. The monoisotopic (exact) mass is 86.0 g/mol. The average molecular weight is 86.1 g/mol. The van der Waals surface area contributed by atoms with Crippen LogP contribution in [0.4, 0.5) is 0 Å². The van der Waals surface area contributed by atoms with Gasteiger partial charge in [-0.25, -0.2) is 0 Å². The molecule has 3 heteroatoms. The van der Waals surface area contributed by atoms with Gasteiger partial charge in [-0.2, -0.15) is 0 Å². The Morgan fingerprint density at radius 2 is 2.50 bits per heavy atom. The summed E-state index contributed by atoms with van der Waals surface area (Å²) in [5, 5.41) is 0. The molecule has 0 spiro atoms. The maximum atomic E-state index is 9.48. The van der Waals surface area contributed by atoms with Gasteiger partial charge in [-0.05, 0) is 0 Å². The van der Waals surface area contributed by atoms with Crippen LogP contribution in [0.3, 0.4) is 0 Å². The van der Waals surface area contributed by atoms with Gasteiger partial charge in [0.15, 0.2) is 12.1 Å². The fourth-order valence-corrected chi connectivity index (χ4v) is 0.0527. The molecule has 0 amide bonds. The molecular formula is C3H6N2O. The van der Waals surface area contributed by atoms with Crippen molar-refractivity contribution in [3.63, 3.8) is 0 Å². The standard InChI is InChI=1S/C3H6N2O/c1-5-3(4)2-6/h2H,1H3,(H2,4,5). The molecule has 0 aliphatic rings. The second kappa shape index (κ2) is 2.38. The van der Waals surface area contributed by atoms with Gasteiger partial charge in [0.1, 0.15) is 0 Å². The van der Waals surface area contributed by atoms with Gasteiger partial charge in [0.2, 0.25) is 0 Å².